The van der Waals surface area contributed by atoms with Crippen LogP contribution in [-0.4, -0.2) is 27.5 Å². The lowest BCUT2D eigenvalue weighted by atomic mass is 9.97. The highest BCUT2D eigenvalue weighted by molar-refractivity contribution is 7.89. The molecular weight excluding hydrogens is 360 g/mol. The fourth-order valence-corrected chi connectivity index (χ4v) is 3.82. The minimum atomic E-state index is -4.74. The first-order valence-corrected chi connectivity index (χ1v) is 8.19. The van der Waals surface area contributed by atoms with Crippen molar-refractivity contribution >= 4 is 22.4 Å². The first kappa shape index (κ1) is 20.1. The second-order valence-corrected chi connectivity index (χ2v) is 7.02. The molecule has 2 atom stereocenters. The third kappa shape index (κ3) is 4.79. The van der Waals surface area contributed by atoms with Gasteiger partial charge in [0.25, 0.3) is 0 Å². The average Bonchev–Trinajstić information content (AvgIpc) is 2.40. The number of hydrogen-bond donors (Lipinski definition) is 2. The second kappa shape index (κ2) is 7.33. The van der Waals surface area contributed by atoms with Gasteiger partial charge >= 0.3 is 6.18 Å². The molecule has 0 saturated carbocycles. The van der Waals surface area contributed by atoms with Crippen LogP contribution in [0.15, 0.2) is 23.1 Å². The third-order valence-corrected chi connectivity index (χ3v) is 5.14. The number of piperidine rings is 1. The van der Waals surface area contributed by atoms with Crippen molar-refractivity contribution in [2.24, 2.45) is 5.92 Å². The van der Waals surface area contributed by atoms with Gasteiger partial charge in [-0.3, -0.25) is 0 Å². The summed E-state index contributed by atoms with van der Waals surface area (Å²) in [6.07, 6.45) is -4.25. The predicted molar refractivity (Wildman–Crippen MR) is 79.4 cm³/mol. The summed E-state index contributed by atoms with van der Waals surface area (Å²) in [6, 6.07) is 0.911. The van der Waals surface area contributed by atoms with Crippen molar-refractivity contribution in [3.63, 3.8) is 0 Å². The fourth-order valence-electron chi connectivity index (χ4n) is 2.34. The molecule has 0 aromatic heterocycles. The lowest BCUT2D eigenvalue weighted by Crippen LogP contribution is -2.48. The lowest BCUT2D eigenvalue weighted by molar-refractivity contribution is -0.137. The van der Waals surface area contributed by atoms with Gasteiger partial charge in [-0.2, -0.15) is 13.2 Å². The maximum atomic E-state index is 13.7. The Morgan fingerprint density at radius 2 is 1.96 bits per heavy atom. The molecule has 10 heteroatoms. The molecule has 23 heavy (non-hydrogen) atoms. The van der Waals surface area contributed by atoms with Gasteiger partial charge < -0.3 is 5.32 Å². The number of nitrogens with one attached hydrogen (secondary N) is 2. The molecule has 132 valence electrons. The molecule has 2 rings (SSSR count). The van der Waals surface area contributed by atoms with Gasteiger partial charge in [-0.05, 0) is 43.6 Å². The quantitative estimate of drug-likeness (QED) is 0.797. The number of rotatable bonds is 3. The molecule has 1 aromatic carbocycles. The van der Waals surface area contributed by atoms with Crippen LogP contribution in [-0.2, 0) is 16.2 Å². The van der Waals surface area contributed by atoms with Gasteiger partial charge in [0.2, 0.25) is 10.0 Å². The van der Waals surface area contributed by atoms with E-state index in [0.717, 1.165) is 0 Å². The summed E-state index contributed by atoms with van der Waals surface area (Å²) in [5.41, 5.74) is -1.20. The van der Waals surface area contributed by atoms with Gasteiger partial charge in [-0.25, -0.2) is 17.5 Å². The van der Waals surface area contributed by atoms with Gasteiger partial charge in [0.1, 0.15) is 10.7 Å². The van der Waals surface area contributed by atoms with Crippen molar-refractivity contribution in [1.29, 1.82) is 0 Å². The normalized spacial score (nSPS) is 22.5. The molecule has 0 spiro atoms. The maximum absolute atomic E-state index is 13.7. The Morgan fingerprint density at radius 1 is 1.30 bits per heavy atom. The van der Waals surface area contributed by atoms with E-state index < -0.39 is 38.5 Å². The van der Waals surface area contributed by atoms with Crippen LogP contribution in [0.3, 0.4) is 0 Å². The van der Waals surface area contributed by atoms with Crippen LogP contribution in [0.25, 0.3) is 0 Å². The van der Waals surface area contributed by atoms with Crippen LogP contribution in [0.2, 0.25) is 0 Å². The summed E-state index contributed by atoms with van der Waals surface area (Å²) >= 11 is 0. The van der Waals surface area contributed by atoms with E-state index in [1.54, 1.807) is 0 Å². The van der Waals surface area contributed by atoms with Crippen LogP contribution in [0, 0.1) is 11.7 Å². The Labute approximate surface area is 138 Å². The molecule has 2 N–H and O–H groups in total. The maximum Gasteiger partial charge on any atom is 0.416 e. The Hall–Kier alpha value is -0.900. The summed E-state index contributed by atoms with van der Waals surface area (Å²) < 4.78 is 78.4. The minimum absolute atomic E-state index is 0. The van der Waals surface area contributed by atoms with Crippen LogP contribution >= 0.6 is 12.4 Å². The first-order valence-electron chi connectivity index (χ1n) is 6.71. The zero-order valence-electron chi connectivity index (χ0n) is 12.2. The third-order valence-electron chi connectivity index (χ3n) is 3.64. The van der Waals surface area contributed by atoms with Crippen LogP contribution in [0.1, 0.15) is 18.9 Å². The van der Waals surface area contributed by atoms with Gasteiger partial charge in [-0.1, -0.05) is 6.92 Å². The molecule has 0 amide bonds. The van der Waals surface area contributed by atoms with Crippen molar-refractivity contribution in [3.8, 4) is 0 Å². The molecule has 0 bridgehead atoms. The van der Waals surface area contributed by atoms with E-state index in [-0.39, 0.29) is 18.3 Å². The summed E-state index contributed by atoms with van der Waals surface area (Å²) in [5, 5.41) is 3.07. The summed E-state index contributed by atoms with van der Waals surface area (Å²) in [7, 11) is -4.36. The highest BCUT2D eigenvalue weighted by Gasteiger charge is 2.34. The highest BCUT2D eigenvalue weighted by atomic mass is 35.5. The molecule has 1 aromatic rings. The average molecular weight is 377 g/mol. The number of hydrogen-bond acceptors (Lipinski definition) is 3. The van der Waals surface area contributed by atoms with Gasteiger partial charge in [0.05, 0.1) is 5.56 Å². The molecule has 4 nitrogen and oxygen atoms in total. The van der Waals surface area contributed by atoms with Gasteiger partial charge in [0.15, 0.2) is 0 Å². The highest BCUT2D eigenvalue weighted by Crippen LogP contribution is 2.31. The van der Waals surface area contributed by atoms with Crippen molar-refractivity contribution in [3.05, 3.63) is 29.6 Å². The van der Waals surface area contributed by atoms with E-state index >= 15 is 0 Å². The minimum Gasteiger partial charge on any atom is -0.316 e. The van der Waals surface area contributed by atoms with E-state index in [4.69, 9.17) is 0 Å². The molecular formula is C13H17ClF4N2O2S. The summed E-state index contributed by atoms with van der Waals surface area (Å²) in [6.45, 7) is 2.97. The molecule has 0 radical (unpaired) electrons. The van der Waals surface area contributed by atoms with Crippen molar-refractivity contribution < 1.29 is 26.0 Å². The molecule has 1 heterocycles. The van der Waals surface area contributed by atoms with Crippen LogP contribution in [0.4, 0.5) is 17.6 Å². The largest absolute Gasteiger partial charge is 0.416 e. The fraction of sp³-hybridized carbons (Fsp3) is 0.538. The van der Waals surface area contributed by atoms with E-state index in [1.165, 1.54) is 0 Å². The van der Waals surface area contributed by atoms with E-state index in [2.05, 4.69) is 10.0 Å². The lowest BCUT2D eigenvalue weighted by Gasteiger charge is -2.30. The molecule has 1 fully saturated rings. The number of benzene rings is 1. The molecule has 1 aliphatic heterocycles. The monoisotopic (exact) mass is 376 g/mol. The van der Waals surface area contributed by atoms with Crippen molar-refractivity contribution in [2.75, 3.05) is 13.1 Å². The first-order chi connectivity index (χ1) is 10.1. The summed E-state index contributed by atoms with van der Waals surface area (Å²) in [4.78, 5) is -0.979. The van der Waals surface area contributed by atoms with Gasteiger partial charge in [-0.15, -0.1) is 12.4 Å². The Morgan fingerprint density at radius 3 is 2.52 bits per heavy atom. The summed E-state index contributed by atoms with van der Waals surface area (Å²) in [5.74, 6) is -1.25. The SMILES string of the molecule is CC1CNCCC1NS(=O)(=O)c1cc(C(F)(F)F)ccc1F.Cl. The Bertz CT molecular complexity index is 652. The standard InChI is InChI=1S/C13H16F4N2O2S.ClH/c1-8-7-18-5-4-11(8)19-22(20,21)12-6-9(13(15,16)17)2-3-10(12)14;/h2-3,6,8,11,18-19H,4-5,7H2,1H3;1H. The van der Waals surface area contributed by atoms with Crippen molar-refractivity contribution in [1.82, 2.24) is 10.0 Å². The molecule has 2 unspecified atom stereocenters. The number of alkyl halides is 3. The zero-order valence-corrected chi connectivity index (χ0v) is 13.8. The van der Waals surface area contributed by atoms with E-state index in [1.807, 2.05) is 6.92 Å². The van der Waals surface area contributed by atoms with Crippen LogP contribution in [0.5, 0.6) is 0 Å². The number of halogens is 5. The molecule has 1 aliphatic rings. The number of sulfonamides is 1. The van der Waals surface area contributed by atoms with Gasteiger partial charge in [0, 0.05) is 6.04 Å². The Kier molecular flexibility index (Phi) is 6.42. The van der Waals surface area contributed by atoms with E-state index in [9.17, 15) is 26.0 Å². The smallest absolute Gasteiger partial charge is 0.316 e. The van der Waals surface area contributed by atoms with Crippen LogP contribution < -0.4 is 10.0 Å². The van der Waals surface area contributed by atoms with E-state index in [0.29, 0.717) is 37.7 Å². The predicted octanol–water partition coefficient (Wildman–Crippen LogP) is 2.54. The topological polar surface area (TPSA) is 58.2 Å². The Balaban J connectivity index is 0.00000264. The van der Waals surface area contributed by atoms with Crippen molar-refractivity contribution in [2.45, 2.75) is 30.5 Å². The molecule has 1 saturated heterocycles. The molecule has 0 aliphatic carbocycles. The second-order valence-electron chi connectivity index (χ2n) is 5.34. The zero-order chi connectivity index (χ0) is 16.5.